The zero-order chi connectivity index (χ0) is 17.8. The molecule has 0 aromatic carbocycles. The standard InChI is InChI=1S/C20H31N3O3/c1-2-21-19(22-10-5-11-24-14-15-6-3-12-25-15)23-17-16-7-13-26-18(16)20(17)8-4-9-20/h3,6,12,16-18H,2,4-5,7-11,13-14H2,1H3,(H2,21,22,23). The molecule has 1 aliphatic heterocycles. The topological polar surface area (TPSA) is 68.0 Å². The third-order valence-corrected chi connectivity index (χ3v) is 6.21. The van der Waals surface area contributed by atoms with Crippen molar-refractivity contribution in [2.75, 3.05) is 26.3 Å². The molecule has 26 heavy (non-hydrogen) atoms. The van der Waals surface area contributed by atoms with E-state index >= 15 is 0 Å². The Kier molecular flexibility index (Phi) is 5.50. The first-order valence-corrected chi connectivity index (χ1v) is 10.1. The van der Waals surface area contributed by atoms with Crippen molar-refractivity contribution in [3.8, 4) is 0 Å². The van der Waals surface area contributed by atoms with E-state index in [4.69, 9.17) is 18.9 Å². The minimum absolute atomic E-state index is 0.378. The average molecular weight is 361 g/mol. The van der Waals surface area contributed by atoms with Gasteiger partial charge in [-0.3, -0.25) is 4.99 Å². The Morgan fingerprint density at radius 2 is 2.35 bits per heavy atom. The van der Waals surface area contributed by atoms with Gasteiger partial charge in [-0.15, -0.1) is 0 Å². The van der Waals surface area contributed by atoms with Gasteiger partial charge < -0.3 is 24.5 Å². The lowest BCUT2D eigenvalue weighted by atomic mass is 9.46. The van der Waals surface area contributed by atoms with Crippen LogP contribution in [0.2, 0.25) is 0 Å². The maximum Gasteiger partial charge on any atom is 0.191 e. The first-order valence-electron chi connectivity index (χ1n) is 10.1. The normalized spacial score (nSPS) is 29.1. The van der Waals surface area contributed by atoms with Crippen molar-refractivity contribution in [1.82, 2.24) is 10.6 Å². The molecule has 4 rings (SSSR count). The van der Waals surface area contributed by atoms with E-state index in [0.29, 0.717) is 36.7 Å². The molecule has 144 valence electrons. The Labute approximate surface area is 155 Å². The number of rotatable bonds is 8. The van der Waals surface area contributed by atoms with Crippen LogP contribution in [0, 0.1) is 11.3 Å². The highest BCUT2D eigenvalue weighted by molar-refractivity contribution is 5.80. The maximum absolute atomic E-state index is 6.01. The largest absolute Gasteiger partial charge is 0.467 e. The number of fused-ring (bicyclic) bond motifs is 2. The second-order valence-corrected chi connectivity index (χ2v) is 7.70. The Morgan fingerprint density at radius 1 is 1.42 bits per heavy atom. The average Bonchev–Trinajstić information content (AvgIpc) is 3.25. The van der Waals surface area contributed by atoms with Crippen molar-refractivity contribution >= 4 is 5.96 Å². The van der Waals surface area contributed by atoms with E-state index in [0.717, 1.165) is 37.8 Å². The number of nitrogens with one attached hydrogen (secondary N) is 2. The lowest BCUT2D eigenvalue weighted by Gasteiger charge is -2.63. The molecule has 1 spiro atoms. The van der Waals surface area contributed by atoms with Crippen LogP contribution in [-0.4, -0.2) is 44.4 Å². The number of aliphatic imine (C=N–C) groups is 1. The van der Waals surface area contributed by atoms with Crippen LogP contribution in [-0.2, 0) is 16.1 Å². The molecule has 2 aliphatic carbocycles. The van der Waals surface area contributed by atoms with Gasteiger partial charge in [0.05, 0.1) is 12.4 Å². The van der Waals surface area contributed by atoms with Crippen molar-refractivity contribution in [1.29, 1.82) is 0 Å². The van der Waals surface area contributed by atoms with Crippen molar-refractivity contribution in [2.24, 2.45) is 16.3 Å². The van der Waals surface area contributed by atoms with Crippen molar-refractivity contribution in [3.05, 3.63) is 24.2 Å². The van der Waals surface area contributed by atoms with E-state index in [1.165, 1.54) is 25.7 Å². The summed E-state index contributed by atoms with van der Waals surface area (Å²) in [6.07, 6.45) is 8.19. The summed E-state index contributed by atoms with van der Waals surface area (Å²) in [5.41, 5.74) is 0.378. The molecule has 3 fully saturated rings. The predicted octanol–water partition coefficient (Wildman–Crippen LogP) is 2.70. The number of hydrogen-bond donors (Lipinski definition) is 2. The van der Waals surface area contributed by atoms with Gasteiger partial charge in [-0.25, -0.2) is 0 Å². The Morgan fingerprint density at radius 3 is 3.08 bits per heavy atom. The van der Waals surface area contributed by atoms with E-state index in [9.17, 15) is 0 Å². The summed E-state index contributed by atoms with van der Waals surface area (Å²) in [7, 11) is 0. The van der Waals surface area contributed by atoms with Gasteiger partial charge in [-0.05, 0) is 44.7 Å². The molecule has 0 radical (unpaired) electrons. The zero-order valence-corrected chi connectivity index (χ0v) is 15.7. The monoisotopic (exact) mass is 361 g/mol. The first-order chi connectivity index (χ1) is 12.8. The minimum Gasteiger partial charge on any atom is -0.467 e. The van der Waals surface area contributed by atoms with Crippen LogP contribution in [0.25, 0.3) is 0 Å². The molecule has 2 heterocycles. The molecule has 2 N–H and O–H groups in total. The minimum atomic E-state index is 0.378. The van der Waals surface area contributed by atoms with Gasteiger partial charge in [0, 0.05) is 43.7 Å². The molecule has 1 saturated heterocycles. The second kappa shape index (κ2) is 8.01. The van der Waals surface area contributed by atoms with E-state index in [1.807, 2.05) is 12.1 Å². The van der Waals surface area contributed by atoms with Crippen LogP contribution < -0.4 is 10.6 Å². The molecule has 0 amide bonds. The Balaban J connectivity index is 1.24. The lowest BCUT2D eigenvalue weighted by Crippen LogP contribution is -2.72. The maximum atomic E-state index is 6.01. The highest BCUT2D eigenvalue weighted by Gasteiger charge is 2.66. The highest BCUT2D eigenvalue weighted by Crippen LogP contribution is 2.62. The quantitative estimate of drug-likeness (QED) is 0.423. The highest BCUT2D eigenvalue weighted by atomic mass is 16.5. The molecule has 3 atom stereocenters. The molecule has 6 nitrogen and oxygen atoms in total. The fourth-order valence-corrected chi connectivity index (χ4v) is 4.85. The van der Waals surface area contributed by atoms with Crippen molar-refractivity contribution in [3.63, 3.8) is 0 Å². The molecule has 1 aromatic heterocycles. The van der Waals surface area contributed by atoms with Crippen LogP contribution >= 0.6 is 0 Å². The summed E-state index contributed by atoms with van der Waals surface area (Å²) in [6, 6.07) is 4.34. The van der Waals surface area contributed by atoms with Crippen LogP contribution in [0.3, 0.4) is 0 Å². The third kappa shape index (κ3) is 3.37. The van der Waals surface area contributed by atoms with Gasteiger partial charge >= 0.3 is 0 Å². The van der Waals surface area contributed by atoms with E-state index in [-0.39, 0.29) is 0 Å². The summed E-state index contributed by atoms with van der Waals surface area (Å²) >= 11 is 0. The van der Waals surface area contributed by atoms with Crippen molar-refractivity contribution < 1.29 is 13.9 Å². The number of guanidine groups is 1. The van der Waals surface area contributed by atoms with Gasteiger partial charge in [0.2, 0.25) is 0 Å². The number of ether oxygens (including phenoxy) is 2. The molecular weight excluding hydrogens is 330 g/mol. The zero-order valence-electron chi connectivity index (χ0n) is 15.7. The number of hydrogen-bond acceptors (Lipinski definition) is 4. The van der Waals surface area contributed by atoms with E-state index in [2.05, 4.69) is 17.6 Å². The number of furan rings is 1. The summed E-state index contributed by atoms with van der Waals surface area (Å²) in [5, 5.41) is 7.14. The van der Waals surface area contributed by atoms with Gasteiger partial charge in [0.25, 0.3) is 0 Å². The van der Waals surface area contributed by atoms with Crippen LogP contribution in [0.1, 0.15) is 44.8 Å². The van der Waals surface area contributed by atoms with Crippen LogP contribution in [0.4, 0.5) is 0 Å². The molecule has 6 heteroatoms. The SMILES string of the molecule is CCNC(=NCCCOCc1ccco1)NC1C2CCOC2C12CCC2. The summed E-state index contributed by atoms with van der Waals surface area (Å²) in [5.74, 6) is 2.48. The summed E-state index contributed by atoms with van der Waals surface area (Å²) in [4.78, 5) is 4.76. The van der Waals surface area contributed by atoms with Gasteiger partial charge in [0.1, 0.15) is 12.4 Å². The first kappa shape index (κ1) is 17.9. The van der Waals surface area contributed by atoms with E-state index in [1.54, 1.807) is 6.26 Å². The molecule has 3 aliphatic rings. The lowest BCUT2D eigenvalue weighted by molar-refractivity contribution is -0.171. The van der Waals surface area contributed by atoms with Crippen LogP contribution in [0.15, 0.2) is 27.8 Å². The Hall–Kier alpha value is -1.53. The fraction of sp³-hybridized carbons (Fsp3) is 0.750. The molecule has 3 unspecified atom stereocenters. The molecule has 0 bridgehead atoms. The smallest absolute Gasteiger partial charge is 0.191 e. The fourth-order valence-electron chi connectivity index (χ4n) is 4.85. The summed E-state index contributed by atoms with van der Waals surface area (Å²) < 4.78 is 16.9. The van der Waals surface area contributed by atoms with Gasteiger partial charge in [-0.1, -0.05) is 6.42 Å². The Bertz CT molecular complexity index is 597. The molecule has 1 aromatic rings. The van der Waals surface area contributed by atoms with Gasteiger partial charge in [-0.2, -0.15) is 0 Å². The van der Waals surface area contributed by atoms with Crippen LogP contribution in [0.5, 0.6) is 0 Å². The van der Waals surface area contributed by atoms with E-state index < -0.39 is 0 Å². The summed E-state index contributed by atoms with van der Waals surface area (Å²) in [6.45, 7) is 5.90. The second-order valence-electron chi connectivity index (χ2n) is 7.70. The van der Waals surface area contributed by atoms with Gasteiger partial charge in [0.15, 0.2) is 5.96 Å². The van der Waals surface area contributed by atoms with Crippen molar-refractivity contribution in [2.45, 2.75) is 57.8 Å². The number of nitrogens with zero attached hydrogens (tertiary/aromatic N) is 1. The molecular formula is C20H31N3O3. The third-order valence-electron chi connectivity index (χ3n) is 6.21. The predicted molar refractivity (Wildman–Crippen MR) is 100 cm³/mol. The molecule has 2 saturated carbocycles.